The monoisotopic (exact) mass is 1100 g/mol. The predicted octanol–water partition coefficient (Wildman–Crippen LogP) is 9.43. The van der Waals surface area contributed by atoms with Gasteiger partial charge in [0.25, 0.3) is 25.8 Å². The Labute approximate surface area is 444 Å². The van der Waals surface area contributed by atoms with Crippen molar-refractivity contribution in [2.75, 3.05) is 95.0 Å². The van der Waals surface area contributed by atoms with E-state index in [1.807, 2.05) is 59.1 Å². The summed E-state index contributed by atoms with van der Waals surface area (Å²) in [5.41, 5.74) is -1.11. The number of hydrogen-bond acceptors (Lipinski definition) is 12. The fourth-order valence-electron chi connectivity index (χ4n) is 9.80. The third-order valence-corrected chi connectivity index (χ3v) is 18.4. The predicted molar refractivity (Wildman–Crippen MR) is 290 cm³/mol. The van der Waals surface area contributed by atoms with Crippen molar-refractivity contribution in [2.24, 2.45) is 5.41 Å². The second kappa shape index (κ2) is 25.5. The van der Waals surface area contributed by atoms with Crippen LogP contribution in [0, 0.1) is 5.41 Å². The van der Waals surface area contributed by atoms with E-state index in [0.717, 1.165) is 101 Å². The van der Waals surface area contributed by atoms with Crippen molar-refractivity contribution in [3.63, 3.8) is 0 Å². The Morgan fingerprint density at radius 3 is 2.15 bits per heavy atom. The SMILES string of the molecule is CNCCCCCC(=O)N1CCN(CC[C@H](CSc2ccccc2)Nc2ccc(S(=O)(=O)NC(=O)c3ccc(N4CCN(CC5=C(c6ccc(Cl)cc6)CCC(C)(C)C5)CC4)cc3)cc2S(=O)(=O)C(F)(F)F)CC1. The highest BCUT2D eigenvalue weighted by molar-refractivity contribution is 7.99. The lowest BCUT2D eigenvalue weighted by atomic mass is 9.73. The number of piperazine rings is 2. The number of carbonyl (C=O) groups excluding carboxylic acids is 2. The van der Waals surface area contributed by atoms with Crippen LogP contribution in [0.1, 0.15) is 81.1 Å². The number of amides is 2. The van der Waals surface area contributed by atoms with E-state index in [9.17, 15) is 39.6 Å². The van der Waals surface area contributed by atoms with Crippen LogP contribution in [-0.2, 0) is 24.7 Å². The van der Waals surface area contributed by atoms with Gasteiger partial charge in [-0.2, -0.15) is 13.2 Å². The first kappa shape index (κ1) is 57.1. The molecule has 74 heavy (non-hydrogen) atoms. The van der Waals surface area contributed by atoms with E-state index in [0.29, 0.717) is 62.4 Å². The second-order valence-electron chi connectivity index (χ2n) is 20.2. The number of unbranched alkanes of at least 4 members (excludes halogenated alkanes) is 2. The molecule has 0 saturated carbocycles. The molecule has 0 radical (unpaired) electrons. The summed E-state index contributed by atoms with van der Waals surface area (Å²) < 4.78 is 98.9. The quantitative estimate of drug-likeness (QED) is 0.0508. The number of sulfone groups is 1. The van der Waals surface area contributed by atoms with E-state index in [2.05, 4.69) is 51.3 Å². The van der Waals surface area contributed by atoms with Gasteiger partial charge < -0.3 is 20.4 Å². The fraction of sp³-hybridized carbons (Fsp3) is 0.481. The molecule has 2 fully saturated rings. The van der Waals surface area contributed by atoms with Gasteiger partial charge in [-0.1, -0.05) is 67.8 Å². The van der Waals surface area contributed by atoms with Gasteiger partial charge in [-0.15, -0.1) is 11.8 Å². The van der Waals surface area contributed by atoms with Crippen LogP contribution in [0.25, 0.3) is 5.57 Å². The maximum atomic E-state index is 14.4. The number of nitrogens with one attached hydrogen (secondary N) is 3. The molecule has 0 bridgehead atoms. The zero-order valence-electron chi connectivity index (χ0n) is 42.4. The van der Waals surface area contributed by atoms with E-state index in [1.165, 1.54) is 40.6 Å². The summed E-state index contributed by atoms with van der Waals surface area (Å²) in [6.45, 7) is 12.3. The van der Waals surface area contributed by atoms with Gasteiger partial charge in [0.15, 0.2) is 0 Å². The third kappa shape index (κ3) is 15.5. The first-order chi connectivity index (χ1) is 35.2. The number of benzene rings is 4. The van der Waals surface area contributed by atoms with Crippen LogP contribution in [0.4, 0.5) is 24.5 Å². The summed E-state index contributed by atoms with van der Waals surface area (Å²) >= 11 is 7.64. The molecule has 13 nitrogen and oxygen atoms in total. The van der Waals surface area contributed by atoms with E-state index in [4.69, 9.17) is 11.6 Å². The summed E-state index contributed by atoms with van der Waals surface area (Å²) in [5.74, 6) is -0.591. The molecule has 3 N–H and O–H groups in total. The number of halogens is 4. The number of carbonyl (C=O) groups is 2. The first-order valence-corrected chi connectivity index (χ1v) is 29.7. The Hall–Kier alpha value is -4.63. The zero-order chi connectivity index (χ0) is 53.1. The molecule has 0 aromatic heterocycles. The van der Waals surface area contributed by atoms with E-state index < -0.39 is 52.8 Å². The van der Waals surface area contributed by atoms with Crippen LogP contribution in [0.2, 0.25) is 5.02 Å². The molecule has 2 amide bonds. The Bertz CT molecular complexity index is 2790. The van der Waals surface area contributed by atoms with Crippen molar-refractivity contribution >= 4 is 72.0 Å². The van der Waals surface area contributed by atoms with Crippen molar-refractivity contribution in [3.05, 3.63) is 119 Å². The number of alkyl halides is 3. The first-order valence-electron chi connectivity index (χ1n) is 25.4. The van der Waals surface area contributed by atoms with Crippen molar-refractivity contribution in [2.45, 2.75) is 91.5 Å². The molecule has 2 heterocycles. The van der Waals surface area contributed by atoms with E-state index >= 15 is 0 Å². The topological polar surface area (TPSA) is 151 Å². The lowest BCUT2D eigenvalue weighted by molar-refractivity contribution is -0.133. The molecule has 4 aromatic carbocycles. The molecule has 1 aliphatic carbocycles. The molecule has 20 heteroatoms. The molecule has 402 valence electrons. The van der Waals surface area contributed by atoms with Crippen LogP contribution in [-0.4, -0.2) is 140 Å². The largest absolute Gasteiger partial charge is 0.501 e. The maximum absolute atomic E-state index is 14.4. The number of hydrogen-bond donors (Lipinski definition) is 3. The smallest absolute Gasteiger partial charge is 0.380 e. The molecule has 4 aromatic rings. The number of thioether (sulfide) groups is 1. The van der Waals surface area contributed by atoms with E-state index in [1.54, 1.807) is 12.1 Å². The summed E-state index contributed by atoms with van der Waals surface area (Å²) in [6, 6.07) is 25.7. The highest BCUT2D eigenvalue weighted by atomic mass is 35.5. The highest BCUT2D eigenvalue weighted by Gasteiger charge is 2.48. The summed E-state index contributed by atoms with van der Waals surface area (Å²) in [4.78, 5) is 33.8. The van der Waals surface area contributed by atoms with Gasteiger partial charge in [0.2, 0.25) is 5.91 Å². The third-order valence-electron chi connectivity index (χ3n) is 14.1. The van der Waals surface area contributed by atoms with Crippen molar-refractivity contribution in [1.82, 2.24) is 24.7 Å². The summed E-state index contributed by atoms with van der Waals surface area (Å²) in [7, 11) is -9.08. The highest BCUT2D eigenvalue weighted by Crippen LogP contribution is 2.43. The minimum Gasteiger partial charge on any atom is -0.380 e. The maximum Gasteiger partial charge on any atom is 0.501 e. The number of anilines is 2. The Morgan fingerprint density at radius 1 is 0.811 bits per heavy atom. The number of nitrogens with zero attached hydrogens (tertiary/aromatic N) is 4. The van der Waals surface area contributed by atoms with Gasteiger partial charge in [-0.3, -0.25) is 19.4 Å². The zero-order valence-corrected chi connectivity index (χ0v) is 45.6. The van der Waals surface area contributed by atoms with Crippen LogP contribution < -0.4 is 20.3 Å². The molecule has 0 unspecified atom stereocenters. The second-order valence-corrected chi connectivity index (χ2v) is 25.3. The van der Waals surface area contributed by atoms with Crippen LogP contribution in [0.3, 0.4) is 0 Å². The van der Waals surface area contributed by atoms with Crippen LogP contribution in [0.15, 0.2) is 117 Å². The van der Waals surface area contributed by atoms with E-state index in [-0.39, 0.29) is 16.9 Å². The summed E-state index contributed by atoms with van der Waals surface area (Å²) in [5, 5.41) is 6.84. The molecule has 3 aliphatic rings. The normalized spacial score (nSPS) is 17.6. The Balaban J connectivity index is 0.993. The Kier molecular flexibility index (Phi) is 19.7. The molecule has 7 rings (SSSR count). The number of allylic oxidation sites excluding steroid dienone is 1. The lowest BCUT2D eigenvalue weighted by Crippen LogP contribution is -2.49. The molecular formula is C54H69ClF3N7O6S3. The standard InChI is InChI=1S/C54H69ClF3N7O6S3/c1-53(2)25-23-48(40-13-17-43(55)18-14-40)42(37-53)38-63-30-32-64(33-31-63)45-19-15-41(16-20-45)52(67)61-74(70,71)47-21-22-49(50(36-47)73(68,69)54(56,57)58)60-44(39-72-46-10-6-4-7-11-46)24-27-62-28-34-65(35-29-62)51(66)12-8-5-9-26-59-3/h4,6-7,10-11,13-22,36,44,59-60H,5,8-9,12,23-35,37-39H2,1-3H3,(H,61,67)/t44-/m1/s1. The van der Waals surface area contributed by atoms with Crippen LogP contribution in [0.5, 0.6) is 0 Å². The van der Waals surface area contributed by atoms with Gasteiger partial charge in [-0.05, 0) is 135 Å². The number of rotatable bonds is 22. The molecule has 1 atom stereocenters. The Morgan fingerprint density at radius 2 is 1.49 bits per heavy atom. The lowest BCUT2D eigenvalue weighted by Gasteiger charge is -2.39. The molecule has 0 spiro atoms. The minimum absolute atomic E-state index is 0.0125. The average molecular weight is 1100 g/mol. The molecule has 2 aliphatic heterocycles. The fourth-order valence-corrected chi connectivity index (χ4v) is 12.9. The molecule has 2 saturated heterocycles. The average Bonchev–Trinajstić information content (AvgIpc) is 3.37. The van der Waals surface area contributed by atoms with Gasteiger partial charge in [-0.25, -0.2) is 21.6 Å². The van der Waals surface area contributed by atoms with Gasteiger partial charge in [0.05, 0.1) is 10.6 Å². The van der Waals surface area contributed by atoms with Gasteiger partial charge >= 0.3 is 5.51 Å². The number of sulfonamides is 1. The van der Waals surface area contributed by atoms with Crippen molar-refractivity contribution < 1.29 is 39.6 Å². The molecular weight excluding hydrogens is 1030 g/mol. The van der Waals surface area contributed by atoms with Gasteiger partial charge in [0.1, 0.15) is 4.90 Å². The minimum atomic E-state index is -6.10. The van der Waals surface area contributed by atoms with Crippen LogP contribution >= 0.6 is 23.4 Å². The van der Waals surface area contributed by atoms with Crippen molar-refractivity contribution in [3.8, 4) is 0 Å². The van der Waals surface area contributed by atoms with Crippen molar-refractivity contribution in [1.29, 1.82) is 0 Å². The summed E-state index contributed by atoms with van der Waals surface area (Å²) in [6.07, 6.45) is 6.80. The van der Waals surface area contributed by atoms with Gasteiger partial charge in [0, 0.05) is 105 Å².